The number of nitrogens with two attached hydrogens (primary N) is 1. The second-order valence-electron chi connectivity index (χ2n) is 3.10. The summed E-state index contributed by atoms with van der Waals surface area (Å²) in [7, 11) is 0. The fourth-order valence-electron chi connectivity index (χ4n) is 1.31. The number of aromatic carboxylic acids is 1. The lowest BCUT2D eigenvalue weighted by Crippen LogP contribution is -2.08. The average Bonchev–Trinajstić information content (AvgIpc) is 2.09. The molecule has 0 unspecified atom stereocenters. The molecule has 0 radical (unpaired) electrons. The fraction of sp³-hybridized carbons (Fsp3) is 0.300. The standard InChI is InChI=1S/C10H12FNO2/c1-6-4-9(11)8(10(13)14)5-7(6)2-3-12/h4-5H,2-3,12H2,1H3,(H,13,14). The summed E-state index contributed by atoms with van der Waals surface area (Å²) in [6.07, 6.45) is 0.562. The average molecular weight is 197 g/mol. The van der Waals surface area contributed by atoms with Crippen LogP contribution in [0, 0.1) is 12.7 Å². The van der Waals surface area contributed by atoms with Gasteiger partial charge in [-0.15, -0.1) is 0 Å². The molecular formula is C10H12FNO2. The van der Waals surface area contributed by atoms with Crippen molar-refractivity contribution in [2.45, 2.75) is 13.3 Å². The number of halogens is 1. The van der Waals surface area contributed by atoms with Gasteiger partial charge in [-0.1, -0.05) is 0 Å². The third-order valence-corrected chi connectivity index (χ3v) is 2.07. The first-order valence-corrected chi connectivity index (χ1v) is 4.28. The predicted molar refractivity (Wildman–Crippen MR) is 50.9 cm³/mol. The number of aryl methyl sites for hydroxylation is 1. The number of carboxylic acid groups (broad SMARTS) is 1. The van der Waals surface area contributed by atoms with E-state index in [-0.39, 0.29) is 5.56 Å². The Kier molecular flexibility index (Phi) is 3.19. The van der Waals surface area contributed by atoms with Crippen LogP contribution in [0.1, 0.15) is 21.5 Å². The van der Waals surface area contributed by atoms with Crippen molar-refractivity contribution in [1.29, 1.82) is 0 Å². The van der Waals surface area contributed by atoms with Crippen molar-refractivity contribution >= 4 is 5.97 Å². The normalized spacial score (nSPS) is 10.2. The van der Waals surface area contributed by atoms with E-state index in [2.05, 4.69) is 0 Å². The predicted octanol–water partition coefficient (Wildman–Crippen LogP) is 1.33. The highest BCUT2D eigenvalue weighted by Crippen LogP contribution is 2.15. The van der Waals surface area contributed by atoms with Crippen LogP contribution in [0.5, 0.6) is 0 Å². The third kappa shape index (κ3) is 2.09. The third-order valence-electron chi connectivity index (χ3n) is 2.07. The highest BCUT2D eigenvalue weighted by Gasteiger charge is 2.12. The molecule has 0 aliphatic rings. The molecule has 1 aromatic carbocycles. The van der Waals surface area contributed by atoms with Gasteiger partial charge in [0.1, 0.15) is 5.82 Å². The van der Waals surface area contributed by atoms with Gasteiger partial charge >= 0.3 is 5.97 Å². The van der Waals surface area contributed by atoms with Crippen molar-refractivity contribution in [3.63, 3.8) is 0 Å². The lowest BCUT2D eigenvalue weighted by molar-refractivity contribution is 0.0691. The van der Waals surface area contributed by atoms with Gasteiger partial charge in [0.05, 0.1) is 5.56 Å². The summed E-state index contributed by atoms with van der Waals surface area (Å²) in [6, 6.07) is 2.58. The summed E-state index contributed by atoms with van der Waals surface area (Å²) < 4.78 is 13.1. The maximum Gasteiger partial charge on any atom is 0.338 e. The molecular weight excluding hydrogens is 185 g/mol. The molecule has 0 aromatic heterocycles. The Labute approximate surface area is 81.4 Å². The topological polar surface area (TPSA) is 63.3 Å². The van der Waals surface area contributed by atoms with Crippen molar-refractivity contribution in [2.75, 3.05) is 6.54 Å². The Hall–Kier alpha value is -1.42. The Balaban J connectivity index is 3.20. The summed E-state index contributed by atoms with van der Waals surface area (Å²) in [5.41, 5.74) is 6.58. The van der Waals surface area contributed by atoms with Gasteiger partial charge in [-0.3, -0.25) is 0 Å². The van der Waals surface area contributed by atoms with Gasteiger partial charge in [0.2, 0.25) is 0 Å². The van der Waals surface area contributed by atoms with E-state index in [9.17, 15) is 9.18 Å². The van der Waals surface area contributed by atoms with E-state index < -0.39 is 11.8 Å². The van der Waals surface area contributed by atoms with Crippen molar-refractivity contribution in [3.05, 3.63) is 34.6 Å². The minimum atomic E-state index is -1.25. The summed E-state index contributed by atoms with van der Waals surface area (Å²) in [5.74, 6) is -1.95. The zero-order chi connectivity index (χ0) is 10.7. The quantitative estimate of drug-likeness (QED) is 0.768. The van der Waals surface area contributed by atoms with Crippen LogP contribution in [0.2, 0.25) is 0 Å². The second-order valence-corrected chi connectivity index (χ2v) is 3.10. The number of hydrogen-bond acceptors (Lipinski definition) is 2. The lowest BCUT2D eigenvalue weighted by atomic mass is 10.0. The highest BCUT2D eigenvalue weighted by atomic mass is 19.1. The Morgan fingerprint density at radius 1 is 1.57 bits per heavy atom. The fourth-order valence-corrected chi connectivity index (χ4v) is 1.31. The van der Waals surface area contributed by atoms with Crippen LogP contribution >= 0.6 is 0 Å². The number of benzene rings is 1. The molecule has 1 rings (SSSR count). The maximum atomic E-state index is 13.1. The smallest absolute Gasteiger partial charge is 0.338 e. The van der Waals surface area contributed by atoms with E-state index >= 15 is 0 Å². The molecule has 4 heteroatoms. The van der Waals surface area contributed by atoms with Crippen molar-refractivity contribution in [3.8, 4) is 0 Å². The molecule has 0 fully saturated rings. The molecule has 1 aromatic rings. The number of hydrogen-bond donors (Lipinski definition) is 2. The molecule has 0 saturated heterocycles. The molecule has 0 spiro atoms. The molecule has 3 nitrogen and oxygen atoms in total. The molecule has 76 valence electrons. The van der Waals surface area contributed by atoms with Crippen LogP contribution < -0.4 is 5.73 Å². The van der Waals surface area contributed by atoms with Gasteiger partial charge in [-0.2, -0.15) is 0 Å². The van der Waals surface area contributed by atoms with E-state index in [4.69, 9.17) is 10.8 Å². The van der Waals surface area contributed by atoms with Gasteiger partial charge in [0, 0.05) is 0 Å². The second kappa shape index (κ2) is 4.19. The van der Waals surface area contributed by atoms with E-state index in [0.29, 0.717) is 13.0 Å². The minimum absolute atomic E-state index is 0.293. The summed E-state index contributed by atoms with van der Waals surface area (Å²) in [5, 5.41) is 8.68. The van der Waals surface area contributed by atoms with E-state index in [0.717, 1.165) is 11.1 Å². The summed E-state index contributed by atoms with van der Waals surface area (Å²) >= 11 is 0. The first-order chi connectivity index (χ1) is 6.56. The van der Waals surface area contributed by atoms with E-state index in [1.807, 2.05) is 0 Å². The highest BCUT2D eigenvalue weighted by molar-refractivity contribution is 5.88. The first-order valence-electron chi connectivity index (χ1n) is 4.28. The molecule has 0 saturated carbocycles. The molecule has 0 amide bonds. The van der Waals surface area contributed by atoms with Gasteiger partial charge in [0.15, 0.2) is 0 Å². The van der Waals surface area contributed by atoms with Crippen molar-refractivity contribution < 1.29 is 14.3 Å². The zero-order valence-corrected chi connectivity index (χ0v) is 7.88. The molecule has 0 aliphatic carbocycles. The molecule has 3 N–H and O–H groups in total. The van der Waals surface area contributed by atoms with Gasteiger partial charge < -0.3 is 10.8 Å². The minimum Gasteiger partial charge on any atom is -0.478 e. The van der Waals surface area contributed by atoms with Gasteiger partial charge in [-0.25, -0.2) is 9.18 Å². The monoisotopic (exact) mass is 197 g/mol. The largest absolute Gasteiger partial charge is 0.478 e. The maximum absolute atomic E-state index is 13.1. The van der Waals surface area contributed by atoms with Crippen LogP contribution in [-0.4, -0.2) is 17.6 Å². The molecule has 0 bridgehead atoms. The van der Waals surface area contributed by atoms with Gasteiger partial charge in [0.25, 0.3) is 0 Å². The number of carboxylic acids is 1. The Bertz CT molecular complexity index is 363. The van der Waals surface area contributed by atoms with Crippen LogP contribution in [0.4, 0.5) is 4.39 Å². The van der Waals surface area contributed by atoms with Crippen LogP contribution in [-0.2, 0) is 6.42 Å². The molecule has 0 heterocycles. The Morgan fingerprint density at radius 2 is 2.21 bits per heavy atom. The SMILES string of the molecule is Cc1cc(F)c(C(=O)O)cc1CCN. The zero-order valence-electron chi connectivity index (χ0n) is 7.88. The van der Waals surface area contributed by atoms with E-state index in [1.54, 1.807) is 6.92 Å². The molecule has 0 atom stereocenters. The van der Waals surface area contributed by atoms with Crippen molar-refractivity contribution in [1.82, 2.24) is 0 Å². The van der Waals surface area contributed by atoms with Crippen LogP contribution in [0.3, 0.4) is 0 Å². The van der Waals surface area contributed by atoms with E-state index in [1.165, 1.54) is 12.1 Å². The Morgan fingerprint density at radius 3 is 2.71 bits per heavy atom. The summed E-state index contributed by atoms with van der Waals surface area (Å²) in [4.78, 5) is 10.6. The molecule has 14 heavy (non-hydrogen) atoms. The first kappa shape index (κ1) is 10.7. The summed E-state index contributed by atoms with van der Waals surface area (Å²) in [6.45, 7) is 2.16. The van der Waals surface area contributed by atoms with Crippen LogP contribution in [0.15, 0.2) is 12.1 Å². The van der Waals surface area contributed by atoms with Crippen molar-refractivity contribution in [2.24, 2.45) is 5.73 Å². The number of rotatable bonds is 3. The molecule has 0 aliphatic heterocycles. The van der Waals surface area contributed by atoms with Crippen LogP contribution in [0.25, 0.3) is 0 Å². The lowest BCUT2D eigenvalue weighted by Gasteiger charge is -2.06. The van der Waals surface area contributed by atoms with Gasteiger partial charge in [-0.05, 0) is 43.1 Å². The number of carbonyl (C=O) groups is 1.